The third-order valence-electron chi connectivity index (χ3n) is 6.77. The molecule has 1 atom stereocenters. The topological polar surface area (TPSA) is 147 Å². The van der Waals surface area contributed by atoms with Crippen molar-refractivity contribution in [2.24, 2.45) is 5.73 Å². The highest BCUT2D eigenvalue weighted by Gasteiger charge is 2.42. The maximum Gasteiger partial charge on any atom is 0.234 e. The number of hydrogen-bond donors (Lipinski definition) is 2. The van der Waals surface area contributed by atoms with E-state index in [1.165, 1.54) is 29.4 Å². The Morgan fingerprint density at radius 2 is 1.90 bits per heavy atom. The number of furan rings is 1. The number of allylic oxidation sites excluding steroid dienone is 3. The molecule has 0 radical (unpaired) electrons. The van der Waals surface area contributed by atoms with Crippen LogP contribution in [0, 0.1) is 11.3 Å². The summed E-state index contributed by atoms with van der Waals surface area (Å²) >= 11 is 2.48. The molecule has 1 aliphatic carbocycles. The average Bonchev–Trinajstić information content (AvgIpc) is 3.70. The van der Waals surface area contributed by atoms with Crippen molar-refractivity contribution in [1.29, 1.82) is 5.26 Å². The minimum atomic E-state index is -0.659. The van der Waals surface area contributed by atoms with Gasteiger partial charge < -0.3 is 20.2 Å². The van der Waals surface area contributed by atoms with Crippen molar-refractivity contribution in [2.45, 2.75) is 29.5 Å². The molecule has 12 heteroatoms. The van der Waals surface area contributed by atoms with Crippen LogP contribution in [0.25, 0.3) is 0 Å². The molecule has 0 bridgehead atoms. The standard InChI is InChI=1S/C30H24N6O4S2/c31-16-21-26(24-10-5-15-39-24)27-22(8-4-9-23(27)37)36(28(21)32)29-34-35-30(42-29)41-17-25(38)33-18-11-13-20(14-12-18)40-19-6-2-1-3-7-19/h1-3,5-7,10-15,26H,4,8-9,17,32H2,(H,33,38). The van der Waals surface area contributed by atoms with Gasteiger partial charge in [-0.2, -0.15) is 5.26 Å². The van der Waals surface area contributed by atoms with Crippen molar-refractivity contribution in [3.05, 3.63) is 101 Å². The molecule has 0 saturated heterocycles. The number of aromatic nitrogens is 2. The van der Waals surface area contributed by atoms with Gasteiger partial charge >= 0.3 is 0 Å². The summed E-state index contributed by atoms with van der Waals surface area (Å²) < 4.78 is 11.9. The predicted octanol–water partition coefficient (Wildman–Crippen LogP) is 5.96. The number of hydrogen-bond acceptors (Lipinski definition) is 11. The number of Topliss-reactive ketones (excluding diaryl/α,β-unsaturated/α-hetero) is 1. The normalized spacial score (nSPS) is 16.7. The molecule has 1 aliphatic heterocycles. The summed E-state index contributed by atoms with van der Waals surface area (Å²) in [6.45, 7) is 0. The lowest BCUT2D eigenvalue weighted by Gasteiger charge is -2.37. The minimum Gasteiger partial charge on any atom is -0.468 e. The summed E-state index contributed by atoms with van der Waals surface area (Å²) in [7, 11) is 0. The van der Waals surface area contributed by atoms with Crippen molar-refractivity contribution in [1.82, 2.24) is 10.2 Å². The van der Waals surface area contributed by atoms with E-state index < -0.39 is 5.92 Å². The zero-order valence-electron chi connectivity index (χ0n) is 22.1. The maximum atomic E-state index is 13.1. The van der Waals surface area contributed by atoms with Gasteiger partial charge in [-0.15, -0.1) is 10.2 Å². The highest BCUT2D eigenvalue weighted by Crippen LogP contribution is 2.47. The number of amides is 1. The number of nitrogens with two attached hydrogens (primary N) is 1. The Bertz CT molecular complexity index is 1720. The van der Waals surface area contributed by atoms with E-state index in [-0.39, 0.29) is 28.8 Å². The fourth-order valence-corrected chi connectivity index (χ4v) is 6.63. The summed E-state index contributed by atoms with van der Waals surface area (Å²) in [5.41, 5.74) is 8.61. The van der Waals surface area contributed by atoms with Gasteiger partial charge in [0.25, 0.3) is 0 Å². The van der Waals surface area contributed by atoms with E-state index in [0.717, 1.165) is 5.75 Å². The van der Waals surface area contributed by atoms with E-state index in [1.54, 1.807) is 41.3 Å². The lowest BCUT2D eigenvalue weighted by molar-refractivity contribution is -0.116. The van der Waals surface area contributed by atoms with Crippen molar-refractivity contribution >= 4 is 45.6 Å². The first-order chi connectivity index (χ1) is 20.5. The van der Waals surface area contributed by atoms with Crippen LogP contribution in [-0.2, 0) is 9.59 Å². The molecule has 6 rings (SSSR count). The lowest BCUT2D eigenvalue weighted by atomic mass is 9.78. The molecule has 2 aromatic heterocycles. The molecule has 2 aromatic carbocycles. The van der Waals surface area contributed by atoms with Crippen LogP contribution >= 0.6 is 23.1 Å². The van der Waals surface area contributed by atoms with E-state index in [1.807, 2.05) is 30.3 Å². The van der Waals surface area contributed by atoms with Crippen LogP contribution in [0.3, 0.4) is 0 Å². The second kappa shape index (κ2) is 11.9. The fraction of sp³-hybridized carbons (Fsp3) is 0.167. The number of ether oxygens (including phenoxy) is 1. The van der Waals surface area contributed by atoms with Crippen molar-refractivity contribution < 1.29 is 18.7 Å². The first-order valence-corrected chi connectivity index (χ1v) is 14.9. The molecule has 0 saturated carbocycles. The molecular formula is C30H24N6O4S2. The van der Waals surface area contributed by atoms with Gasteiger partial charge in [0, 0.05) is 23.4 Å². The van der Waals surface area contributed by atoms with Crippen molar-refractivity contribution in [2.75, 3.05) is 16.0 Å². The third kappa shape index (κ3) is 5.52. The van der Waals surface area contributed by atoms with Gasteiger partial charge in [-0.1, -0.05) is 41.3 Å². The number of benzene rings is 2. The third-order valence-corrected chi connectivity index (χ3v) is 8.81. The minimum absolute atomic E-state index is 0.0432. The van der Waals surface area contributed by atoms with Gasteiger partial charge in [0.05, 0.1) is 29.6 Å². The summed E-state index contributed by atoms with van der Waals surface area (Å²) in [6.07, 6.45) is 3.16. The van der Waals surface area contributed by atoms with E-state index in [0.29, 0.717) is 57.2 Å². The molecule has 0 spiro atoms. The number of ketones is 1. The molecular weight excluding hydrogens is 573 g/mol. The van der Waals surface area contributed by atoms with E-state index in [4.69, 9.17) is 14.9 Å². The molecule has 210 valence electrons. The van der Waals surface area contributed by atoms with Crippen LogP contribution in [0.4, 0.5) is 10.8 Å². The Labute approximate surface area is 249 Å². The molecule has 3 N–H and O–H groups in total. The monoisotopic (exact) mass is 596 g/mol. The molecule has 0 fully saturated rings. The number of nitrogens with zero attached hydrogens (tertiary/aromatic N) is 4. The average molecular weight is 597 g/mol. The summed E-state index contributed by atoms with van der Waals surface area (Å²) in [4.78, 5) is 27.4. The van der Waals surface area contributed by atoms with Gasteiger partial charge in [0.15, 0.2) is 10.1 Å². The fourth-order valence-electron chi connectivity index (χ4n) is 4.95. The molecule has 4 aromatic rings. The van der Waals surface area contributed by atoms with Crippen LogP contribution in [0.2, 0.25) is 0 Å². The first kappa shape index (κ1) is 27.3. The smallest absolute Gasteiger partial charge is 0.234 e. The second-order valence-corrected chi connectivity index (χ2v) is 11.6. The molecule has 2 aliphatic rings. The summed E-state index contributed by atoms with van der Waals surface area (Å²) in [5, 5.41) is 21.9. The number of nitrogens with one attached hydrogen (secondary N) is 1. The van der Waals surface area contributed by atoms with E-state index >= 15 is 0 Å². The number of rotatable bonds is 8. The van der Waals surface area contributed by atoms with Gasteiger partial charge in [-0.05, 0) is 61.4 Å². The number of anilines is 2. The van der Waals surface area contributed by atoms with E-state index in [2.05, 4.69) is 21.6 Å². The van der Waals surface area contributed by atoms with Crippen LogP contribution in [0.1, 0.15) is 30.9 Å². The highest BCUT2D eigenvalue weighted by atomic mass is 32.2. The molecule has 10 nitrogen and oxygen atoms in total. The summed E-state index contributed by atoms with van der Waals surface area (Å²) in [6, 6.07) is 22.2. The second-order valence-electron chi connectivity index (χ2n) is 9.46. The van der Waals surface area contributed by atoms with Gasteiger partial charge in [0.2, 0.25) is 11.0 Å². The van der Waals surface area contributed by atoms with Gasteiger partial charge in [-0.3, -0.25) is 14.5 Å². The Hall–Kier alpha value is -4.86. The lowest BCUT2D eigenvalue weighted by Crippen LogP contribution is -2.38. The number of carbonyl (C=O) groups is 2. The Balaban J connectivity index is 1.14. The largest absolute Gasteiger partial charge is 0.468 e. The zero-order valence-corrected chi connectivity index (χ0v) is 23.8. The van der Waals surface area contributed by atoms with Crippen LogP contribution < -0.4 is 20.7 Å². The van der Waals surface area contributed by atoms with Crippen LogP contribution in [0.15, 0.2) is 104 Å². The highest BCUT2D eigenvalue weighted by molar-refractivity contribution is 8.01. The van der Waals surface area contributed by atoms with Gasteiger partial charge in [-0.25, -0.2) is 0 Å². The van der Waals surface area contributed by atoms with Crippen molar-refractivity contribution in [3.8, 4) is 17.6 Å². The zero-order chi connectivity index (χ0) is 29.1. The first-order valence-electron chi connectivity index (χ1n) is 13.1. The van der Waals surface area contributed by atoms with E-state index in [9.17, 15) is 14.9 Å². The maximum absolute atomic E-state index is 13.1. The SMILES string of the molecule is N#CC1=C(N)N(c2nnc(SCC(=O)Nc3ccc(Oc4ccccc4)cc3)s2)C2=C(C(=O)CCC2)C1c1ccco1. The summed E-state index contributed by atoms with van der Waals surface area (Å²) in [5.74, 6) is 1.28. The Morgan fingerprint density at radius 3 is 2.64 bits per heavy atom. The number of nitriles is 1. The Kier molecular flexibility index (Phi) is 7.76. The molecule has 1 amide bonds. The number of carbonyl (C=O) groups excluding carboxylic acids is 2. The number of thioether (sulfide) groups is 1. The molecule has 42 heavy (non-hydrogen) atoms. The molecule has 3 heterocycles. The van der Waals surface area contributed by atoms with Crippen LogP contribution in [-0.4, -0.2) is 27.6 Å². The van der Waals surface area contributed by atoms with Crippen LogP contribution in [0.5, 0.6) is 11.5 Å². The Morgan fingerprint density at radius 1 is 1.12 bits per heavy atom. The molecule has 1 unspecified atom stereocenters. The predicted molar refractivity (Wildman–Crippen MR) is 159 cm³/mol. The number of para-hydroxylation sites is 1. The quantitative estimate of drug-likeness (QED) is 0.234. The van der Waals surface area contributed by atoms with Gasteiger partial charge in [0.1, 0.15) is 23.1 Å². The van der Waals surface area contributed by atoms with Crippen molar-refractivity contribution in [3.63, 3.8) is 0 Å².